The van der Waals surface area contributed by atoms with Crippen LogP contribution in [0.3, 0.4) is 0 Å². The molecule has 9 nitrogen and oxygen atoms in total. The number of rotatable bonds is 7. The molecule has 1 amide bonds. The summed E-state index contributed by atoms with van der Waals surface area (Å²) in [6.07, 6.45) is 7.06. The van der Waals surface area contributed by atoms with E-state index in [0.29, 0.717) is 19.1 Å². The van der Waals surface area contributed by atoms with Crippen LogP contribution in [0, 0.1) is 0 Å². The normalized spacial score (nSPS) is 15.9. The molecule has 1 aromatic heterocycles. The number of carbonyl (C=O) groups is 1. The standard InChI is InChI=1S/C16H29N7O2/c1-3-17-15(18-8-4-5-9-22-12-19-20-13-22)21-14-6-10-23(11-7-14)16(24)25-2/h12-14H,3-11H2,1-2H3,(H2,17,18,21). The number of aliphatic imine (C=N–C) groups is 1. The molecule has 2 heterocycles. The third kappa shape index (κ3) is 6.60. The van der Waals surface area contributed by atoms with Gasteiger partial charge in [0.15, 0.2) is 5.96 Å². The second-order valence-corrected chi connectivity index (χ2v) is 6.04. The molecule has 1 aliphatic heterocycles. The zero-order chi connectivity index (χ0) is 17.9. The predicted molar refractivity (Wildman–Crippen MR) is 95.4 cm³/mol. The van der Waals surface area contributed by atoms with Crippen LogP contribution >= 0.6 is 0 Å². The maximum absolute atomic E-state index is 11.5. The Balaban J connectivity index is 1.69. The Bertz CT molecular complexity index is 525. The van der Waals surface area contributed by atoms with Crippen LogP contribution in [-0.2, 0) is 11.3 Å². The van der Waals surface area contributed by atoms with Crippen molar-refractivity contribution in [1.29, 1.82) is 0 Å². The fraction of sp³-hybridized carbons (Fsp3) is 0.750. The number of piperidine rings is 1. The van der Waals surface area contributed by atoms with Gasteiger partial charge in [-0.1, -0.05) is 0 Å². The minimum atomic E-state index is -0.243. The van der Waals surface area contributed by atoms with Gasteiger partial charge in [0.05, 0.1) is 7.11 Å². The number of guanidine groups is 1. The minimum absolute atomic E-state index is 0.243. The number of likely N-dealkylation sites (tertiary alicyclic amines) is 1. The Hall–Kier alpha value is -2.32. The summed E-state index contributed by atoms with van der Waals surface area (Å²) in [4.78, 5) is 17.9. The highest BCUT2D eigenvalue weighted by atomic mass is 16.5. The van der Waals surface area contributed by atoms with Crippen molar-refractivity contribution < 1.29 is 9.53 Å². The Morgan fingerprint density at radius 2 is 2.00 bits per heavy atom. The third-order valence-corrected chi connectivity index (χ3v) is 4.17. The second kappa shape index (κ2) is 10.5. The first-order chi connectivity index (χ1) is 12.2. The summed E-state index contributed by atoms with van der Waals surface area (Å²) < 4.78 is 6.74. The molecule has 0 radical (unpaired) electrons. The summed E-state index contributed by atoms with van der Waals surface area (Å²) in [6.45, 7) is 6.00. The highest BCUT2D eigenvalue weighted by molar-refractivity contribution is 5.80. The molecule has 0 aromatic carbocycles. The van der Waals surface area contributed by atoms with Crippen molar-refractivity contribution in [2.45, 2.75) is 45.2 Å². The lowest BCUT2D eigenvalue weighted by Crippen LogP contribution is -2.49. The van der Waals surface area contributed by atoms with Gasteiger partial charge >= 0.3 is 6.09 Å². The number of carbonyl (C=O) groups excluding carboxylic acids is 1. The zero-order valence-corrected chi connectivity index (χ0v) is 15.1. The summed E-state index contributed by atoms with van der Waals surface area (Å²) in [7, 11) is 1.42. The average molecular weight is 351 g/mol. The molecule has 1 aliphatic rings. The number of hydrogen-bond donors (Lipinski definition) is 2. The Morgan fingerprint density at radius 1 is 1.28 bits per heavy atom. The molecule has 2 N–H and O–H groups in total. The molecule has 0 bridgehead atoms. The number of amides is 1. The fourth-order valence-corrected chi connectivity index (χ4v) is 2.78. The number of nitrogens with one attached hydrogen (secondary N) is 2. The van der Waals surface area contributed by atoms with Crippen molar-refractivity contribution in [2.24, 2.45) is 4.99 Å². The van der Waals surface area contributed by atoms with E-state index >= 15 is 0 Å². The van der Waals surface area contributed by atoms with E-state index < -0.39 is 0 Å². The number of aryl methyl sites for hydroxylation is 1. The molecule has 2 rings (SSSR count). The maximum atomic E-state index is 11.5. The summed E-state index contributed by atoms with van der Waals surface area (Å²) in [5.74, 6) is 0.850. The number of aromatic nitrogens is 3. The van der Waals surface area contributed by atoms with Crippen molar-refractivity contribution >= 4 is 12.1 Å². The smallest absolute Gasteiger partial charge is 0.409 e. The topological polar surface area (TPSA) is 96.7 Å². The number of ether oxygens (including phenoxy) is 1. The van der Waals surface area contributed by atoms with Crippen LogP contribution in [0.4, 0.5) is 4.79 Å². The SMILES string of the molecule is CCNC(=NCCCCn1cnnc1)NC1CCN(C(=O)OC)CC1. The van der Waals surface area contributed by atoms with Crippen molar-refractivity contribution in [3.05, 3.63) is 12.7 Å². The van der Waals surface area contributed by atoms with Gasteiger partial charge in [-0.2, -0.15) is 0 Å². The molecule has 0 saturated carbocycles. The number of hydrogen-bond acceptors (Lipinski definition) is 5. The third-order valence-electron chi connectivity index (χ3n) is 4.17. The molecule has 140 valence electrons. The molecule has 0 unspecified atom stereocenters. The van der Waals surface area contributed by atoms with E-state index in [1.165, 1.54) is 7.11 Å². The first-order valence-corrected chi connectivity index (χ1v) is 8.93. The van der Waals surface area contributed by atoms with Crippen molar-refractivity contribution in [3.63, 3.8) is 0 Å². The molecule has 25 heavy (non-hydrogen) atoms. The molecule has 9 heteroatoms. The summed E-state index contributed by atoms with van der Waals surface area (Å²) in [6, 6.07) is 0.329. The van der Waals surface area contributed by atoms with Gasteiger partial charge in [-0.05, 0) is 32.6 Å². The number of methoxy groups -OCH3 is 1. The van der Waals surface area contributed by atoms with Crippen LogP contribution in [0.2, 0.25) is 0 Å². The number of unbranched alkanes of at least 4 members (excludes halogenated alkanes) is 1. The van der Waals surface area contributed by atoms with E-state index in [4.69, 9.17) is 4.74 Å². The van der Waals surface area contributed by atoms with Crippen LogP contribution < -0.4 is 10.6 Å². The Morgan fingerprint density at radius 3 is 2.64 bits per heavy atom. The summed E-state index contributed by atoms with van der Waals surface area (Å²) in [5, 5.41) is 14.3. The summed E-state index contributed by atoms with van der Waals surface area (Å²) >= 11 is 0. The van der Waals surface area contributed by atoms with Crippen LogP contribution in [-0.4, -0.2) is 71.0 Å². The van der Waals surface area contributed by atoms with Crippen molar-refractivity contribution in [2.75, 3.05) is 33.3 Å². The molecular weight excluding hydrogens is 322 g/mol. The molecule has 1 aromatic rings. The highest BCUT2D eigenvalue weighted by Gasteiger charge is 2.23. The van der Waals surface area contributed by atoms with E-state index in [2.05, 4.69) is 32.7 Å². The highest BCUT2D eigenvalue weighted by Crippen LogP contribution is 2.11. The van der Waals surface area contributed by atoms with E-state index in [9.17, 15) is 4.79 Å². The maximum Gasteiger partial charge on any atom is 0.409 e. The second-order valence-electron chi connectivity index (χ2n) is 6.04. The Kier molecular flexibility index (Phi) is 8.00. The van der Waals surface area contributed by atoms with E-state index in [1.54, 1.807) is 17.6 Å². The summed E-state index contributed by atoms with van der Waals surface area (Å²) in [5.41, 5.74) is 0. The van der Waals surface area contributed by atoms with Crippen LogP contribution in [0.25, 0.3) is 0 Å². The van der Waals surface area contributed by atoms with E-state index in [1.807, 2.05) is 4.57 Å². The van der Waals surface area contributed by atoms with Gasteiger partial charge in [-0.25, -0.2) is 4.79 Å². The molecule has 0 spiro atoms. The molecule has 1 fully saturated rings. The van der Waals surface area contributed by atoms with Gasteiger partial charge in [-0.15, -0.1) is 10.2 Å². The molecule has 0 aliphatic carbocycles. The van der Waals surface area contributed by atoms with Gasteiger partial charge in [0, 0.05) is 38.8 Å². The largest absolute Gasteiger partial charge is 0.453 e. The van der Waals surface area contributed by atoms with Gasteiger partial charge in [0.25, 0.3) is 0 Å². The minimum Gasteiger partial charge on any atom is -0.453 e. The van der Waals surface area contributed by atoms with Gasteiger partial charge < -0.3 is 24.8 Å². The predicted octanol–water partition coefficient (Wildman–Crippen LogP) is 0.844. The zero-order valence-electron chi connectivity index (χ0n) is 15.1. The fourth-order valence-electron chi connectivity index (χ4n) is 2.78. The first-order valence-electron chi connectivity index (χ1n) is 8.93. The quantitative estimate of drug-likeness (QED) is 0.429. The van der Waals surface area contributed by atoms with Crippen molar-refractivity contribution in [1.82, 2.24) is 30.3 Å². The Labute approximate surface area is 148 Å². The lowest BCUT2D eigenvalue weighted by atomic mass is 10.1. The van der Waals surface area contributed by atoms with Crippen LogP contribution in [0.1, 0.15) is 32.6 Å². The molecule has 1 saturated heterocycles. The molecular formula is C16H29N7O2. The first kappa shape index (κ1) is 19.0. The van der Waals surface area contributed by atoms with Crippen molar-refractivity contribution in [3.8, 4) is 0 Å². The van der Waals surface area contributed by atoms with Gasteiger partial charge in [0.2, 0.25) is 0 Å². The van der Waals surface area contributed by atoms with E-state index in [0.717, 1.165) is 51.3 Å². The number of nitrogens with zero attached hydrogens (tertiary/aromatic N) is 5. The monoisotopic (exact) mass is 351 g/mol. The average Bonchev–Trinajstić information content (AvgIpc) is 3.15. The van der Waals surface area contributed by atoms with Crippen LogP contribution in [0.5, 0.6) is 0 Å². The lowest BCUT2D eigenvalue weighted by Gasteiger charge is -2.32. The van der Waals surface area contributed by atoms with Gasteiger partial charge in [0.1, 0.15) is 12.7 Å². The lowest BCUT2D eigenvalue weighted by molar-refractivity contribution is 0.111. The van der Waals surface area contributed by atoms with Gasteiger partial charge in [-0.3, -0.25) is 4.99 Å². The van der Waals surface area contributed by atoms with E-state index in [-0.39, 0.29) is 6.09 Å². The molecule has 0 atom stereocenters. The van der Waals surface area contributed by atoms with Crippen LogP contribution in [0.15, 0.2) is 17.6 Å².